The van der Waals surface area contributed by atoms with Crippen molar-refractivity contribution in [2.75, 3.05) is 0 Å². The summed E-state index contributed by atoms with van der Waals surface area (Å²) in [6, 6.07) is 74.5. The fourth-order valence-corrected chi connectivity index (χ4v) is 9.05. The summed E-state index contributed by atoms with van der Waals surface area (Å²) >= 11 is 0. The lowest BCUT2D eigenvalue weighted by molar-refractivity contribution is 0.669. The summed E-state index contributed by atoms with van der Waals surface area (Å²) in [5, 5.41) is 7.18. The topological polar surface area (TPSA) is 23.0 Å². The zero-order valence-electron chi connectivity index (χ0n) is 32.9. The van der Waals surface area contributed by atoms with E-state index in [-0.39, 0.29) is 0 Å². The van der Waals surface area contributed by atoms with Crippen molar-refractivity contribution in [3.8, 4) is 44.8 Å². The maximum Gasteiger partial charge on any atom is 0.135 e. The molecule has 0 unspecified atom stereocenters. The number of rotatable bonds is 5. The van der Waals surface area contributed by atoms with E-state index in [1.165, 1.54) is 71.4 Å². The van der Waals surface area contributed by atoms with Gasteiger partial charge in [-0.3, -0.25) is 0 Å². The molecule has 0 N–H and O–H groups in total. The molecule has 3 aromatic heterocycles. The molecule has 3 nitrogen and oxygen atoms in total. The van der Waals surface area contributed by atoms with Crippen molar-refractivity contribution in [2.24, 2.45) is 0 Å². The minimum atomic E-state index is 0.887. The Morgan fingerprint density at radius 1 is 0.271 bits per heavy atom. The van der Waals surface area contributed by atoms with Gasteiger partial charge in [0.15, 0.2) is 0 Å². The molecule has 12 rings (SSSR count). The van der Waals surface area contributed by atoms with Gasteiger partial charge in [0.05, 0.1) is 22.1 Å². The van der Waals surface area contributed by atoms with Gasteiger partial charge in [-0.25, -0.2) is 0 Å². The average Bonchev–Trinajstić information content (AvgIpc) is 3.97. The Morgan fingerprint density at radius 2 is 0.695 bits per heavy atom. The van der Waals surface area contributed by atoms with Gasteiger partial charge in [-0.15, -0.1) is 0 Å². The van der Waals surface area contributed by atoms with Crippen molar-refractivity contribution in [2.45, 2.75) is 13.8 Å². The maximum atomic E-state index is 6.44. The first kappa shape index (κ1) is 34.6. The number of para-hydroxylation sites is 3. The fraction of sp³-hybridized carbons (Fsp3) is 0.0357. The first-order valence-corrected chi connectivity index (χ1v) is 20.5. The number of hydrogen-bond donors (Lipinski definition) is 0. The quantitative estimate of drug-likeness (QED) is 0.171. The Hall–Kier alpha value is -7.62. The molecule has 9 aromatic carbocycles. The van der Waals surface area contributed by atoms with Crippen molar-refractivity contribution in [3.05, 3.63) is 206 Å². The second-order valence-corrected chi connectivity index (χ2v) is 14.9. The summed E-state index contributed by atoms with van der Waals surface area (Å²) < 4.78 is 11.2. The molecule has 0 aliphatic carbocycles. The average molecular weight is 757 g/mol. The van der Waals surface area contributed by atoms with Gasteiger partial charge < -0.3 is 13.6 Å². The van der Waals surface area contributed by atoms with Gasteiger partial charge >= 0.3 is 0 Å². The molecule has 59 heavy (non-hydrogen) atoms. The number of fused-ring (bicyclic) bond motifs is 9. The van der Waals surface area contributed by atoms with Gasteiger partial charge in [0.25, 0.3) is 0 Å². The van der Waals surface area contributed by atoms with Gasteiger partial charge in [0, 0.05) is 43.7 Å². The Morgan fingerprint density at radius 3 is 1.27 bits per heavy atom. The van der Waals surface area contributed by atoms with Crippen LogP contribution in [-0.4, -0.2) is 9.13 Å². The van der Waals surface area contributed by atoms with E-state index < -0.39 is 0 Å². The van der Waals surface area contributed by atoms with Crippen molar-refractivity contribution in [1.82, 2.24) is 9.13 Å². The Kier molecular flexibility index (Phi) is 8.27. The second kappa shape index (κ2) is 14.1. The summed E-state index contributed by atoms with van der Waals surface area (Å²) in [5.41, 5.74) is 15.9. The van der Waals surface area contributed by atoms with Crippen LogP contribution in [0.15, 0.2) is 211 Å². The maximum absolute atomic E-state index is 6.44. The van der Waals surface area contributed by atoms with Crippen molar-refractivity contribution < 1.29 is 4.42 Å². The highest BCUT2D eigenvalue weighted by molar-refractivity contribution is 6.13. The number of aromatic nitrogens is 2. The van der Waals surface area contributed by atoms with Crippen molar-refractivity contribution >= 4 is 65.6 Å². The van der Waals surface area contributed by atoms with Crippen LogP contribution in [0.2, 0.25) is 0 Å². The molecule has 0 atom stereocenters. The lowest BCUT2D eigenvalue weighted by Gasteiger charge is -2.14. The molecule has 0 aliphatic rings. The SMILES string of the molecule is CC.c1ccc(-c2cc(-c3ccccc3)cc(-n3c4ccccc4c4cc(-c5ccc6oc7ccc(-n8c9ccccc9c9ccccc98)cc7c6c5)ccc43)c2)cc1. The third-order valence-corrected chi connectivity index (χ3v) is 11.7. The lowest BCUT2D eigenvalue weighted by atomic mass is 9.98. The standard InChI is InChI=1S/C54H34N2O.C2H6/c1-3-13-35(14-4-1)39-29-40(36-15-5-2-6-16-36)31-42(30-39)56-51-22-12-9-19-45(51)46-32-37(23-26-52(46)56)38-24-27-53-47(33-38)48-34-41(25-28-54(48)57-53)55-49-20-10-7-17-43(49)44-18-8-11-21-50(44)55;1-2/h1-34H;1-2H3. The zero-order valence-corrected chi connectivity index (χ0v) is 32.9. The number of nitrogens with zero attached hydrogens (tertiary/aromatic N) is 2. The van der Waals surface area contributed by atoms with E-state index in [1.807, 2.05) is 13.8 Å². The van der Waals surface area contributed by atoms with Crippen LogP contribution in [0, 0.1) is 0 Å². The van der Waals surface area contributed by atoms with E-state index >= 15 is 0 Å². The van der Waals surface area contributed by atoms with Gasteiger partial charge in [-0.2, -0.15) is 0 Å². The summed E-state index contributed by atoms with van der Waals surface area (Å²) in [4.78, 5) is 0. The highest BCUT2D eigenvalue weighted by atomic mass is 16.3. The first-order chi connectivity index (χ1) is 29.2. The van der Waals surface area contributed by atoms with Crippen LogP contribution in [0.25, 0.3) is 110 Å². The lowest BCUT2D eigenvalue weighted by Crippen LogP contribution is -1.96. The highest BCUT2D eigenvalue weighted by Gasteiger charge is 2.18. The molecule has 12 aromatic rings. The van der Waals surface area contributed by atoms with Gasteiger partial charge in [-0.05, 0) is 112 Å². The van der Waals surface area contributed by atoms with Gasteiger partial charge in [-0.1, -0.05) is 141 Å². The Labute approximate surface area is 342 Å². The minimum Gasteiger partial charge on any atom is -0.456 e. The van der Waals surface area contributed by atoms with Crippen LogP contribution in [0.1, 0.15) is 13.8 Å². The normalized spacial score (nSPS) is 11.6. The number of hydrogen-bond acceptors (Lipinski definition) is 1. The first-order valence-electron chi connectivity index (χ1n) is 20.5. The largest absolute Gasteiger partial charge is 0.456 e. The van der Waals surface area contributed by atoms with Crippen LogP contribution >= 0.6 is 0 Å². The molecule has 0 bridgehead atoms. The number of benzene rings is 9. The molecule has 0 aliphatic heterocycles. The Balaban J connectivity index is 0.00000196. The van der Waals surface area contributed by atoms with Crippen LogP contribution in [-0.2, 0) is 0 Å². The molecule has 0 saturated carbocycles. The van der Waals surface area contributed by atoms with Crippen molar-refractivity contribution in [1.29, 1.82) is 0 Å². The molecule has 0 saturated heterocycles. The Bertz CT molecular complexity index is 3400. The number of furan rings is 1. The fourth-order valence-electron chi connectivity index (χ4n) is 9.05. The van der Waals surface area contributed by atoms with Crippen LogP contribution in [0.5, 0.6) is 0 Å². The summed E-state index contributed by atoms with van der Waals surface area (Å²) in [5.74, 6) is 0. The van der Waals surface area contributed by atoms with E-state index in [9.17, 15) is 0 Å². The molecule has 0 radical (unpaired) electrons. The molecule has 0 amide bonds. The summed E-state index contributed by atoms with van der Waals surface area (Å²) in [6.45, 7) is 4.00. The van der Waals surface area contributed by atoms with E-state index in [2.05, 4.69) is 215 Å². The molecule has 0 fully saturated rings. The zero-order chi connectivity index (χ0) is 39.5. The van der Waals surface area contributed by atoms with E-state index in [4.69, 9.17) is 4.42 Å². The van der Waals surface area contributed by atoms with Gasteiger partial charge in [0.1, 0.15) is 11.2 Å². The minimum absolute atomic E-state index is 0.887. The predicted octanol–water partition coefficient (Wildman–Crippen LogP) is 15.8. The van der Waals surface area contributed by atoms with E-state index in [1.54, 1.807) is 0 Å². The second-order valence-electron chi connectivity index (χ2n) is 14.9. The molecular formula is C56H40N2O. The van der Waals surface area contributed by atoms with E-state index in [0.717, 1.165) is 38.9 Å². The molecular weight excluding hydrogens is 717 g/mol. The smallest absolute Gasteiger partial charge is 0.135 e. The molecule has 3 heterocycles. The summed E-state index contributed by atoms with van der Waals surface area (Å²) in [7, 11) is 0. The van der Waals surface area contributed by atoms with Crippen molar-refractivity contribution in [3.63, 3.8) is 0 Å². The molecule has 3 heteroatoms. The predicted molar refractivity (Wildman–Crippen MR) is 250 cm³/mol. The van der Waals surface area contributed by atoms with E-state index in [0.29, 0.717) is 0 Å². The highest BCUT2D eigenvalue weighted by Crippen LogP contribution is 2.40. The van der Waals surface area contributed by atoms with Gasteiger partial charge in [0.2, 0.25) is 0 Å². The monoisotopic (exact) mass is 756 g/mol. The van der Waals surface area contributed by atoms with Crippen LogP contribution < -0.4 is 0 Å². The molecule has 0 spiro atoms. The van der Waals surface area contributed by atoms with Crippen LogP contribution in [0.3, 0.4) is 0 Å². The third kappa shape index (κ3) is 5.66. The van der Waals surface area contributed by atoms with Crippen LogP contribution in [0.4, 0.5) is 0 Å². The third-order valence-electron chi connectivity index (χ3n) is 11.7. The summed E-state index contributed by atoms with van der Waals surface area (Å²) in [6.07, 6.45) is 0. The molecule has 280 valence electrons.